The molecule has 2 aromatic heterocycles. The van der Waals surface area contributed by atoms with E-state index in [1.165, 1.54) is 6.92 Å². The zero-order valence-electron chi connectivity index (χ0n) is 21.0. The van der Waals surface area contributed by atoms with Gasteiger partial charge in [0.2, 0.25) is 0 Å². The molecule has 1 amide bonds. The number of hydrogen-bond donors (Lipinski definition) is 2. The molecule has 3 heterocycles. The lowest BCUT2D eigenvalue weighted by atomic mass is 9.97. The van der Waals surface area contributed by atoms with Gasteiger partial charge in [0.25, 0.3) is 5.91 Å². The summed E-state index contributed by atoms with van der Waals surface area (Å²) in [5.41, 5.74) is 0.518. The number of carbonyl (C=O) groups excluding carboxylic acids is 3. The Hall–Kier alpha value is -3.39. The maximum Gasteiger partial charge on any atom is 0.410 e. The van der Waals surface area contributed by atoms with Crippen molar-refractivity contribution in [2.75, 3.05) is 23.8 Å². The third-order valence-electron chi connectivity index (χ3n) is 6.03. The molecule has 0 bridgehead atoms. The second kappa shape index (κ2) is 11.4. The Morgan fingerprint density at radius 3 is 2.41 bits per heavy atom. The molecule has 0 fully saturated rings. The molecular formula is C25H24BrF3N4O5S. The number of thiophene rings is 1. The molecule has 0 spiro atoms. The van der Waals surface area contributed by atoms with Crippen LogP contribution >= 0.6 is 27.3 Å². The van der Waals surface area contributed by atoms with Crippen LogP contribution in [-0.4, -0.2) is 47.0 Å². The van der Waals surface area contributed by atoms with E-state index in [-0.39, 0.29) is 56.6 Å². The summed E-state index contributed by atoms with van der Waals surface area (Å²) in [5, 5.41) is 9.56. The Labute approximate surface area is 233 Å². The van der Waals surface area contributed by atoms with Gasteiger partial charge in [-0.25, -0.2) is 14.3 Å². The van der Waals surface area contributed by atoms with Crippen molar-refractivity contribution in [2.24, 2.45) is 0 Å². The first-order valence-electron chi connectivity index (χ1n) is 11.9. The van der Waals surface area contributed by atoms with E-state index in [1.807, 2.05) is 0 Å². The Balaban J connectivity index is 1.72. The summed E-state index contributed by atoms with van der Waals surface area (Å²) >= 11 is 4.05. The summed E-state index contributed by atoms with van der Waals surface area (Å²) in [4.78, 5) is 38.5. The van der Waals surface area contributed by atoms with Gasteiger partial charge in [-0.3, -0.25) is 4.79 Å². The third kappa shape index (κ3) is 5.66. The van der Waals surface area contributed by atoms with E-state index in [0.29, 0.717) is 5.56 Å². The molecule has 39 heavy (non-hydrogen) atoms. The van der Waals surface area contributed by atoms with Crippen LogP contribution in [0.15, 0.2) is 34.8 Å². The van der Waals surface area contributed by atoms with Crippen molar-refractivity contribution < 1.29 is 37.0 Å². The number of hydrogen-bond acceptors (Lipinski definition) is 8. The normalized spacial score (nSPS) is 16.7. The largest absolute Gasteiger partial charge is 0.462 e. The summed E-state index contributed by atoms with van der Waals surface area (Å²) in [6.45, 7) is 4.87. The number of nitrogens with zero attached hydrogens (tertiary/aromatic N) is 2. The lowest BCUT2D eigenvalue weighted by Gasteiger charge is -2.33. The lowest BCUT2D eigenvalue weighted by molar-refractivity contribution is -0.173. The molecule has 4 rings (SSSR count). The molecule has 3 aromatic rings. The van der Waals surface area contributed by atoms with Crippen LogP contribution in [0.3, 0.4) is 0 Å². The number of carbonyl (C=O) groups is 3. The molecule has 208 valence electrons. The molecule has 2 N–H and O–H groups in total. The van der Waals surface area contributed by atoms with Gasteiger partial charge < -0.3 is 20.1 Å². The Kier molecular flexibility index (Phi) is 8.35. The fraction of sp³-hybridized carbons (Fsp3) is 0.360. The topological polar surface area (TPSA) is 112 Å². The average molecular weight is 629 g/mol. The highest BCUT2D eigenvalue weighted by Gasteiger charge is 2.48. The van der Waals surface area contributed by atoms with Crippen molar-refractivity contribution in [3.8, 4) is 0 Å². The van der Waals surface area contributed by atoms with E-state index >= 15 is 0 Å². The molecule has 0 unspecified atom stereocenters. The van der Waals surface area contributed by atoms with E-state index in [0.717, 1.165) is 16.0 Å². The van der Waals surface area contributed by atoms with Crippen molar-refractivity contribution in [1.82, 2.24) is 9.78 Å². The number of halogens is 4. The van der Waals surface area contributed by atoms with Crippen molar-refractivity contribution in [3.63, 3.8) is 0 Å². The minimum Gasteiger partial charge on any atom is -0.462 e. The smallest absolute Gasteiger partial charge is 0.410 e. The fourth-order valence-electron chi connectivity index (χ4n) is 4.24. The maximum atomic E-state index is 14.1. The number of aromatic nitrogens is 2. The first-order chi connectivity index (χ1) is 18.5. The van der Waals surface area contributed by atoms with Crippen LogP contribution in [0, 0.1) is 6.92 Å². The highest BCUT2D eigenvalue weighted by atomic mass is 79.9. The predicted octanol–water partition coefficient (Wildman–Crippen LogP) is 6.28. The highest BCUT2D eigenvalue weighted by molar-refractivity contribution is 9.10. The lowest BCUT2D eigenvalue weighted by Crippen LogP contribution is -2.35. The van der Waals surface area contributed by atoms with E-state index in [9.17, 15) is 27.6 Å². The van der Waals surface area contributed by atoms with Gasteiger partial charge in [-0.2, -0.15) is 18.3 Å². The van der Waals surface area contributed by atoms with Gasteiger partial charge in [0.1, 0.15) is 15.7 Å². The third-order valence-corrected chi connectivity index (χ3v) is 7.97. The van der Waals surface area contributed by atoms with Gasteiger partial charge in [0, 0.05) is 6.42 Å². The second-order valence-electron chi connectivity index (χ2n) is 8.51. The van der Waals surface area contributed by atoms with E-state index in [4.69, 9.17) is 9.47 Å². The number of amides is 1. The summed E-state index contributed by atoms with van der Waals surface area (Å²) in [6.07, 6.45) is -4.98. The number of alkyl halides is 3. The molecule has 1 aliphatic rings. The first kappa shape index (κ1) is 28.6. The Morgan fingerprint density at radius 1 is 1.15 bits per heavy atom. The van der Waals surface area contributed by atoms with Gasteiger partial charge in [0.15, 0.2) is 11.7 Å². The molecule has 1 aliphatic heterocycles. The fourth-order valence-corrected chi connectivity index (χ4v) is 5.88. The van der Waals surface area contributed by atoms with Gasteiger partial charge >= 0.3 is 18.1 Å². The van der Waals surface area contributed by atoms with Crippen LogP contribution < -0.4 is 10.6 Å². The monoisotopic (exact) mass is 628 g/mol. The van der Waals surface area contributed by atoms with Crippen molar-refractivity contribution in [3.05, 3.63) is 62.1 Å². The van der Waals surface area contributed by atoms with Crippen molar-refractivity contribution in [2.45, 2.75) is 45.5 Å². The molecule has 1 aromatic carbocycles. The number of benzene rings is 1. The molecule has 9 nitrogen and oxygen atoms in total. The summed E-state index contributed by atoms with van der Waals surface area (Å²) in [7, 11) is 0. The average Bonchev–Trinajstić information content (AvgIpc) is 3.40. The second-order valence-corrected chi connectivity index (χ2v) is 10.3. The van der Waals surface area contributed by atoms with Crippen molar-refractivity contribution in [1.29, 1.82) is 0 Å². The molecule has 2 atom stereocenters. The summed E-state index contributed by atoms with van der Waals surface area (Å²) in [6, 6.07) is 5.98. The van der Waals surface area contributed by atoms with Crippen molar-refractivity contribution >= 4 is 55.9 Å². The minimum absolute atomic E-state index is 0.0113. The predicted molar refractivity (Wildman–Crippen MR) is 141 cm³/mol. The van der Waals surface area contributed by atoms with Gasteiger partial charge in [-0.15, -0.1) is 11.3 Å². The minimum atomic E-state index is -4.64. The highest BCUT2D eigenvalue weighted by Crippen LogP contribution is 2.46. The van der Waals surface area contributed by atoms with E-state index in [1.54, 1.807) is 44.2 Å². The van der Waals surface area contributed by atoms with Gasteiger partial charge in [0.05, 0.1) is 29.3 Å². The van der Waals surface area contributed by atoms with E-state index in [2.05, 4.69) is 31.7 Å². The number of rotatable bonds is 7. The molecule has 0 radical (unpaired) electrons. The quantitative estimate of drug-likeness (QED) is 0.296. The summed E-state index contributed by atoms with van der Waals surface area (Å²) < 4.78 is 53.2. The number of anilines is 2. The number of ether oxygens (including phenoxy) is 2. The van der Waals surface area contributed by atoms with Crippen LogP contribution in [-0.2, 0) is 9.47 Å². The number of nitrogens with one attached hydrogen (secondary N) is 2. The number of fused-ring (bicyclic) bond motifs is 1. The summed E-state index contributed by atoms with van der Waals surface area (Å²) in [5.74, 6) is -2.36. The van der Waals surface area contributed by atoms with Crippen LogP contribution in [0.2, 0.25) is 0 Å². The van der Waals surface area contributed by atoms with Crippen LogP contribution in [0.1, 0.15) is 74.0 Å². The van der Waals surface area contributed by atoms with E-state index < -0.39 is 36.1 Å². The molecule has 0 saturated carbocycles. The SMILES string of the molecule is CCOC(=O)c1sc(NC(=O)c2nn3c(c2Br)N[C@@H](c2ccccc2)C[C@H]3C(F)(F)F)c(C(=O)OCC)c1C. The first-order valence-corrected chi connectivity index (χ1v) is 13.5. The van der Waals surface area contributed by atoms with Crippen LogP contribution in [0.5, 0.6) is 0 Å². The Morgan fingerprint density at radius 2 is 1.79 bits per heavy atom. The van der Waals surface area contributed by atoms with Gasteiger partial charge in [-0.1, -0.05) is 30.3 Å². The molecular weight excluding hydrogens is 605 g/mol. The zero-order chi connectivity index (χ0) is 28.5. The Bertz CT molecular complexity index is 1410. The molecule has 0 saturated heterocycles. The number of esters is 2. The van der Waals surface area contributed by atoms with Crippen LogP contribution in [0.25, 0.3) is 0 Å². The molecule has 14 heteroatoms. The standard InChI is InChI=1S/C25H24BrF3N4O5S/c1-4-37-23(35)16-12(3)19(24(36)38-5-2)39-22(16)31-21(34)18-17(26)20-30-14(13-9-7-6-8-10-13)11-15(25(27,28)29)33(20)32-18/h6-10,14-15,30H,4-5,11H2,1-3H3,(H,31,34)/t14-,15+/m1/s1. The zero-order valence-corrected chi connectivity index (χ0v) is 23.4. The maximum absolute atomic E-state index is 14.1. The van der Waals surface area contributed by atoms with Gasteiger partial charge in [-0.05, 0) is 47.8 Å². The van der Waals surface area contributed by atoms with Crippen LogP contribution in [0.4, 0.5) is 24.0 Å². The molecule has 0 aliphatic carbocycles.